The van der Waals surface area contributed by atoms with Crippen LogP contribution < -0.4 is 4.74 Å². The number of methoxy groups -OCH3 is 2. The number of benzene rings is 1. The topological polar surface area (TPSA) is 127 Å². The third-order valence-electron chi connectivity index (χ3n) is 7.42. The highest BCUT2D eigenvalue weighted by atomic mass is 79.9. The van der Waals surface area contributed by atoms with Gasteiger partial charge in [0.25, 0.3) is 0 Å². The van der Waals surface area contributed by atoms with Crippen LogP contribution in [0.15, 0.2) is 57.6 Å². The number of aromatic hydroxyl groups is 1. The zero-order valence-corrected chi connectivity index (χ0v) is 21.5. The number of imide groups is 3. The molecule has 1 N–H and O–H groups in total. The minimum absolute atomic E-state index is 0.0222. The number of rotatable bonds is 3. The second-order valence-corrected chi connectivity index (χ2v) is 10.1. The number of hydrogen-bond acceptors (Lipinski definition) is 8. The molecule has 0 bridgehead atoms. The molecule has 10 heteroatoms. The molecule has 1 aromatic carbocycles. The number of carbonyl (C=O) groups is 5. The van der Waals surface area contributed by atoms with Gasteiger partial charge in [-0.15, -0.1) is 0 Å². The molecule has 37 heavy (non-hydrogen) atoms. The van der Waals surface area contributed by atoms with Crippen molar-refractivity contribution >= 4 is 51.5 Å². The molecular formula is C27H22BrNO8. The highest BCUT2D eigenvalue weighted by molar-refractivity contribution is 9.12. The predicted octanol–water partition coefficient (Wildman–Crippen LogP) is 3.48. The van der Waals surface area contributed by atoms with Crippen molar-refractivity contribution in [1.82, 2.24) is 4.90 Å². The first-order valence-electron chi connectivity index (χ1n) is 11.6. The Morgan fingerprint density at radius 1 is 1.14 bits per heavy atom. The first-order chi connectivity index (χ1) is 17.7. The van der Waals surface area contributed by atoms with Gasteiger partial charge < -0.3 is 14.6 Å². The van der Waals surface area contributed by atoms with Crippen LogP contribution in [-0.4, -0.2) is 53.7 Å². The Balaban J connectivity index is 1.60. The van der Waals surface area contributed by atoms with Crippen LogP contribution in [0.2, 0.25) is 0 Å². The van der Waals surface area contributed by atoms with Crippen molar-refractivity contribution in [2.45, 2.75) is 12.8 Å². The monoisotopic (exact) mass is 567 g/mol. The molecule has 1 heterocycles. The number of halogens is 1. The van der Waals surface area contributed by atoms with Crippen LogP contribution >= 0.6 is 15.9 Å². The molecule has 0 aromatic heterocycles. The summed E-state index contributed by atoms with van der Waals surface area (Å²) in [5.74, 6) is -4.46. The Bertz CT molecular complexity index is 1400. The number of amides is 3. The summed E-state index contributed by atoms with van der Waals surface area (Å²) in [5.41, 5.74) is 2.06. The minimum atomic E-state index is -1.03. The number of carbonyl (C=O) groups excluding carboxylic acids is 5. The molecule has 1 fully saturated rings. The van der Waals surface area contributed by atoms with Crippen LogP contribution in [0, 0.1) is 23.7 Å². The number of nitrogens with zero attached hydrogens (tertiary/aromatic N) is 1. The van der Waals surface area contributed by atoms with Gasteiger partial charge in [0, 0.05) is 23.1 Å². The van der Waals surface area contributed by atoms with E-state index in [-0.39, 0.29) is 46.0 Å². The molecule has 5 rings (SSSR count). The third kappa shape index (κ3) is 3.87. The predicted molar refractivity (Wildman–Crippen MR) is 133 cm³/mol. The molecule has 1 aromatic rings. The van der Waals surface area contributed by atoms with Gasteiger partial charge in [0.05, 0.1) is 30.5 Å². The standard InChI is InChI=1S/C27H22BrNO8/c1-36-21-9-12(4-8-19(21)30)3-5-14-13-6-7-15-23(26(34)29(25(15)33)27(35)37-2)16(13)10-17-22(14)20(31)11-18(28)24(17)32/h3-6,8-9,11,14-16,23,30H,7,10H2,1-2H3/t14-,15-,16+,23-/m0/s1. The first kappa shape index (κ1) is 24.9. The number of phenols is 1. The van der Waals surface area contributed by atoms with Gasteiger partial charge >= 0.3 is 6.09 Å². The van der Waals surface area contributed by atoms with Crippen LogP contribution in [-0.2, 0) is 23.9 Å². The smallest absolute Gasteiger partial charge is 0.423 e. The third-order valence-corrected chi connectivity index (χ3v) is 8.01. The molecule has 0 spiro atoms. The SMILES string of the molecule is COC(=O)N1C(=O)[C@H]2[C@H](CC=C3[C@H](C=Cc4ccc(O)c(OC)c4)C4=C(C[C@H]32)C(=O)C(Br)=CC4=O)C1=O. The number of Topliss-reactive ketones (excluding diaryl/α,β-unsaturated/α-hetero) is 1. The number of ketones is 2. The lowest BCUT2D eigenvalue weighted by Crippen LogP contribution is -2.40. The highest BCUT2D eigenvalue weighted by Crippen LogP contribution is 2.53. The molecule has 3 aliphatic carbocycles. The van der Waals surface area contributed by atoms with E-state index in [1.165, 1.54) is 19.3 Å². The largest absolute Gasteiger partial charge is 0.504 e. The van der Waals surface area contributed by atoms with Crippen LogP contribution in [0.4, 0.5) is 4.79 Å². The normalized spacial score (nSPS) is 27.1. The molecule has 3 amide bonds. The summed E-state index contributed by atoms with van der Waals surface area (Å²) in [4.78, 5) is 65.2. The lowest BCUT2D eigenvalue weighted by atomic mass is 9.61. The number of hydrogen-bond donors (Lipinski definition) is 1. The summed E-state index contributed by atoms with van der Waals surface area (Å²) in [6.07, 6.45) is 5.91. The zero-order chi connectivity index (χ0) is 26.6. The van der Waals surface area contributed by atoms with E-state index in [4.69, 9.17) is 4.74 Å². The average molecular weight is 568 g/mol. The van der Waals surface area contributed by atoms with Gasteiger partial charge in [0.15, 0.2) is 23.1 Å². The first-order valence-corrected chi connectivity index (χ1v) is 12.4. The van der Waals surface area contributed by atoms with Crippen molar-refractivity contribution in [3.8, 4) is 11.5 Å². The zero-order valence-electron chi connectivity index (χ0n) is 19.9. The summed E-state index contributed by atoms with van der Waals surface area (Å²) in [5, 5.41) is 9.91. The Kier molecular flexibility index (Phi) is 6.23. The lowest BCUT2D eigenvalue weighted by Gasteiger charge is -2.41. The Labute approximate surface area is 220 Å². The van der Waals surface area contributed by atoms with Gasteiger partial charge in [0.1, 0.15) is 0 Å². The van der Waals surface area contributed by atoms with Crippen LogP contribution in [0.25, 0.3) is 6.08 Å². The van der Waals surface area contributed by atoms with E-state index in [1.807, 2.05) is 6.08 Å². The second-order valence-electron chi connectivity index (χ2n) is 9.21. The number of fused-ring (bicyclic) bond motifs is 3. The van der Waals surface area contributed by atoms with E-state index in [1.54, 1.807) is 24.3 Å². The number of allylic oxidation sites excluding steroid dienone is 7. The molecule has 1 aliphatic heterocycles. The molecule has 9 nitrogen and oxygen atoms in total. The van der Waals surface area contributed by atoms with Crippen LogP contribution in [0.5, 0.6) is 11.5 Å². The quantitative estimate of drug-likeness (QED) is 0.334. The maximum atomic E-state index is 13.3. The lowest BCUT2D eigenvalue weighted by molar-refractivity contribution is -0.137. The molecule has 4 aliphatic rings. The Morgan fingerprint density at radius 2 is 1.89 bits per heavy atom. The summed E-state index contributed by atoms with van der Waals surface area (Å²) < 4.78 is 9.95. The number of ether oxygens (including phenoxy) is 2. The van der Waals surface area contributed by atoms with E-state index in [9.17, 15) is 29.1 Å². The fourth-order valence-corrected chi connectivity index (χ4v) is 6.21. The van der Waals surface area contributed by atoms with Gasteiger partial charge in [-0.3, -0.25) is 19.2 Å². The van der Waals surface area contributed by atoms with Gasteiger partial charge in [-0.1, -0.05) is 29.9 Å². The van der Waals surface area contributed by atoms with Crippen molar-refractivity contribution in [2.24, 2.45) is 23.7 Å². The van der Waals surface area contributed by atoms with E-state index in [0.717, 1.165) is 12.7 Å². The highest BCUT2D eigenvalue weighted by Gasteiger charge is 2.57. The van der Waals surface area contributed by atoms with E-state index in [2.05, 4.69) is 20.7 Å². The number of phenolic OH excluding ortho intramolecular Hbond substituents is 1. The average Bonchev–Trinajstić information content (AvgIpc) is 3.15. The van der Waals surface area contributed by atoms with E-state index in [0.29, 0.717) is 16.0 Å². The summed E-state index contributed by atoms with van der Waals surface area (Å²) in [6, 6.07) is 4.79. The fraction of sp³-hybridized carbons (Fsp3) is 0.296. The molecule has 0 saturated carbocycles. The fourth-order valence-electron chi connectivity index (χ4n) is 5.76. The van der Waals surface area contributed by atoms with Gasteiger partial charge in [-0.25, -0.2) is 4.79 Å². The van der Waals surface area contributed by atoms with E-state index < -0.39 is 41.6 Å². The van der Waals surface area contributed by atoms with Crippen molar-refractivity contribution in [3.05, 3.63) is 63.2 Å². The van der Waals surface area contributed by atoms with Crippen molar-refractivity contribution in [3.63, 3.8) is 0 Å². The maximum absolute atomic E-state index is 13.3. The van der Waals surface area contributed by atoms with E-state index >= 15 is 0 Å². The van der Waals surface area contributed by atoms with Crippen molar-refractivity contribution in [1.29, 1.82) is 0 Å². The molecular weight excluding hydrogens is 546 g/mol. The van der Waals surface area contributed by atoms with Crippen molar-refractivity contribution in [2.75, 3.05) is 14.2 Å². The van der Waals surface area contributed by atoms with Gasteiger partial charge in [-0.05, 0) is 52.4 Å². The van der Waals surface area contributed by atoms with Crippen LogP contribution in [0.1, 0.15) is 18.4 Å². The second kappa shape index (κ2) is 9.26. The number of likely N-dealkylation sites (tertiary alicyclic amines) is 1. The maximum Gasteiger partial charge on any atom is 0.423 e. The van der Waals surface area contributed by atoms with Gasteiger partial charge in [0.2, 0.25) is 11.8 Å². The summed E-state index contributed by atoms with van der Waals surface area (Å²) in [7, 11) is 2.53. The summed E-state index contributed by atoms with van der Waals surface area (Å²) >= 11 is 3.17. The molecule has 0 unspecified atom stereocenters. The Hall–Kier alpha value is -3.79. The van der Waals surface area contributed by atoms with Gasteiger partial charge in [-0.2, -0.15) is 4.90 Å². The molecule has 0 radical (unpaired) electrons. The van der Waals surface area contributed by atoms with Crippen molar-refractivity contribution < 1.29 is 38.6 Å². The summed E-state index contributed by atoms with van der Waals surface area (Å²) in [6.45, 7) is 0. The molecule has 190 valence electrons. The molecule has 1 saturated heterocycles. The Morgan fingerprint density at radius 3 is 2.59 bits per heavy atom. The minimum Gasteiger partial charge on any atom is -0.504 e. The van der Waals surface area contributed by atoms with Crippen LogP contribution in [0.3, 0.4) is 0 Å². The molecule has 4 atom stereocenters.